The minimum Gasteiger partial charge on any atom is -0.310 e. The Morgan fingerprint density at radius 3 is 2.56 bits per heavy atom. The summed E-state index contributed by atoms with van der Waals surface area (Å²) >= 11 is 13.4. The van der Waals surface area contributed by atoms with Gasteiger partial charge in [0.15, 0.2) is 0 Å². The molecule has 0 aliphatic rings. The maximum atomic E-state index is 11.1. The Balaban J connectivity index is 2.68. The third-order valence-corrected chi connectivity index (χ3v) is 5.07. The summed E-state index contributed by atoms with van der Waals surface area (Å²) in [5.41, 5.74) is 0.960. The summed E-state index contributed by atoms with van der Waals surface area (Å²) < 4.78 is 23.6. The molecule has 0 spiro atoms. The molecule has 1 atom stereocenters. The van der Waals surface area contributed by atoms with Crippen LogP contribution in [0.3, 0.4) is 0 Å². The van der Waals surface area contributed by atoms with Crippen molar-refractivity contribution in [2.75, 3.05) is 18.6 Å². The van der Waals surface area contributed by atoms with Crippen molar-refractivity contribution in [1.29, 1.82) is 0 Å². The van der Waals surface area contributed by atoms with Crippen LogP contribution in [-0.2, 0) is 9.84 Å². The zero-order chi connectivity index (χ0) is 13.8. The number of halogens is 2. The first-order chi connectivity index (χ1) is 8.33. The molecule has 0 radical (unpaired) electrons. The van der Waals surface area contributed by atoms with Gasteiger partial charge in [-0.2, -0.15) is 0 Å². The van der Waals surface area contributed by atoms with Crippen molar-refractivity contribution in [3.63, 3.8) is 0 Å². The summed E-state index contributed by atoms with van der Waals surface area (Å²) in [7, 11) is -2.91. The summed E-state index contributed by atoms with van der Waals surface area (Å²) in [6, 6.07) is 1.91. The number of nitrogens with one attached hydrogen (secondary N) is 1. The second-order valence-electron chi connectivity index (χ2n) is 4.16. The van der Waals surface area contributed by atoms with Crippen LogP contribution >= 0.6 is 34.5 Å². The third-order valence-electron chi connectivity index (χ3n) is 2.52. The Bertz CT molecular complexity index is 485. The second kappa shape index (κ2) is 7.10. The van der Waals surface area contributed by atoms with Crippen molar-refractivity contribution in [1.82, 2.24) is 5.32 Å². The minimum atomic E-state index is -2.91. The summed E-state index contributed by atoms with van der Waals surface area (Å²) in [5, 5.41) is 3.31. The molecule has 1 aromatic heterocycles. The monoisotopic (exact) mass is 329 g/mol. The first-order valence-corrected chi connectivity index (χ1v) is 9.32. The van der Waals surface area contributed by atoms with Gasteiger partial charge in [0.1, 0.15) is 9.84 Å². The fraction of sp³-hybridized carbons (Fsp3) is 0.636. The van der Waals surface area contributed by atoms with Crippen LogP contribution in [0.2, 0.25) is 8.67 Å². The molecule has 1 heterocycles. The van der Waals surface area contributed by atoms with E-state index in [2.05, 4.69) is 5.32 Å². The van der Waals surface area contributed by atoms with Crippen LogP contribution < -0.4 is 5.32 Å². The van der Waals surface area contributed by atoms with Gasteiger partial charge >= 0.3 is 0 Å². The van der Waals surface area contributed by atoms with Crippen molar-refractivity contribution in [3.8, 4) is 0 Å². The van der Waals surface area contributed by atoms with Gasteiger partial charge in [0.2, 0.25) is 0 Å². The van der Waals surface area contributed by atoms with E-state index in [9.17, 15) is 8.42 Å². The van der Waals surface area contributed by atoms with Crippen LogP contribution in [0.1, 0.15) is 31.4 Å². The molecule has 0 saturated carbocycles. The predicted octanol–water partition coefficient (Wildman–Crippen LogP) is 3.53. The Hall–Kier alpha value is 0.190. The maximum absolute atomic E-state index is 11.1. The van der Waals surface area contributed by atoms with E-state index in [4.69, 9.17) is 23.2 Å². The molecule has 0 bridgehead atoms. The van der Waals surface area contributed by atoms with Crippen LogP contribution in [0, 0.1) is 0 Å². The minimum absolute atomic E-state index is 0.0630. The van der Waals surface area contributed by atoms with Crippen LogP contribution in [0.15, 0.2) is 6.07 Å². The Labute approximate surface area is 122 Å². The van der Waals surface area contributed by atoms with Crippen LogP contribution in [0.5, 0.6) is 0 Å². The lowest BCUT2D eigenvalue weighted by Gasteiger charge is -2.17. The van der Waals surface area contributed by atoms with Gasteiger partial charge in [-0.25, -0.2) is 8.42 Å². The van der Waals surface area contributed by atoms with Crippen molar-refractivity contribution in [2.45, 2.75) is 25.8 Å². The van der Waals surface area contributed by atoms with E-state index in [1.165, 1.54) is 17.6 Å². The fourth-order valence-corrected chi connectivity index (χ4v) is 4.02. The van der Waals surface area contributed by atoms with Gasteiger partial charge in [-0.1, -0.05) is 30.1 Å². The molecule has 7 heteroatoms. The van der Waals surface area contributed by atoms with Crippen LogP contribution in [0.4, 0.5) is 0 Å². The van der Waals surface area contributed by atoms with Crippen molar-refractivity contribution >= 4 is 44.4 Å². The molecule has 1 N–H and O–H groups in total. The zero-order valence-electron chi connectivity index (χ0n) is 10.4. The molecule has 104 valence electrons. The third kappa shape index (κ3) is 5.45. The maximum Gasteiger partial charge on any atom is 0.147 e. The number of thiophene rings is 1. The molecule has 0 aromatic carbocycles. The van der Waals surface area contributed by atoms with Crippen molar-refractivity contribution in [2.24, 2.45) is 0 Å². The molecule has 1 unspecified atom stereocenters. The quantitative estimate of drug-likeness (QED) is 0.832. The van der Waals surface area contributed by atoms with Gasteiger partial charge in [0.25, 0.3) is 0 Å². The summed E-state index contributed by atoms with van der Waals surface area (Å²) in [4.78, 5) is 0. The lowest BCUT2D eigenvalue weighted by atomic mass is 10.1. The second-order valence-corrected chi connectivity index (χ2v) is 8.71. The van der Waals surface area contributed by atoms with Gasteiger partial charge in [-0.15, -0.1) is 11.3 Å². The molecule has 0 saturated heterocycles. The van der Waals surface area contributed by atoms with Gasteiger partial charge in [-0.05, 0) is 25.5 Å². The van der Waals surface area contributed by atoms with E-state index < -0.39 is 9.84 Å². The smallest absolute Gasteiger partial charge is 0.147 e. The van der Waals surface area contributed by atoms with Gasteiger partial charge in [0, 0.05) is 23.6 Å². The number of sulfone groups is 1. The van der Waals surface area contributed by atoms with Gasteiger partial charge in [0.05, 0.1) is 8.67 Å². The SMILES string of the molecule is CCNC(CCCS(C)(=O)=O)c1cc(Cl)sc1Cl. The van der Waals surface area contributed by atoms with Crippen molar-refractivity contribution < 1.29 is 8.42 Å². The van der Waals surface area contributed by atoms with E-state index in [0.717, 1.165) is 18.5 Å². The Kier molecular flexibility index (Phi) is 6.41. The largest absolute Gasteiger partial charge is 0.310 e. The summed E-state index contributed by atoms with van der Waals surface area (Å²) in [5.74, 6) is 0.199. The molecule has 0 amide bonds. The average molecular weight is 330 g/mol. The fourth-order valence-electron chi connectivity index (χ4n) is 1.75. The first-order valence-electron chi connectivity index (χ1n) is 5.69. The Morgan fingerprint density at radius 1 is 1.44 bits per heavy atom. The molecule has 3 nitrogen and oxygen atoms in total. The highest BCUT2D eigenvalue weighted by atomic mass is 35.5. The molecule has 1 aromatic rings. The standard InChI is InChI=1S/C11H17Cl2NO2S2/c1-3-14-9(5-4-6-18(2,15)16)8-7-10(12)17-11(8)13/h7,9,14H,3-6H2,1-2H3. The van der Waals surface area contributed by atoms with E-state index in [0.29, 0.717) is 15.1 Å². The van der Waals surface area contributed by atoms with Gasteiger partial charge < -0.3 is 5.32 Å². The summed E-state index contributed by atoms with van der Waals surface area (Å²) in [6.07, 6.45) is 2.59. The first kappa shape index (κ1) is 16.2. The van der Waals surface area contributed by atoms with E-state index in [-0.39, 0.29) is 11.8 Å². The molecular formula is C11H17Cl2NO2S2. The molecule has 0 aliphatic carbocycles. The highest BCUT2D eigenvalue weighted by Crippen LogP contribution is 2.36. The van der Waals surface area contributed by atoms with E-state index >= 15 is 0 Å². The highest BCUT2D eigenvalue weighted by Gasteiger charge is 2.17. The molecule has 0 fully saturated rings. The van der Waals surface area contributed by atoms with Gasteiger partial charge in [-0.3, -0.25) is 0 Å². The van der Waals surface area contributed by atoms with Crippen molar-refractivity contribution in [3.05, 3.63) is 20.3 Å². The number of rotatable bonds is 7. The number of hydrogen-bond donors (Lipinski definition) is 1. The van der Waals surface area contributed by atoms with E-state index in [1.807, 2.05) is 13.0 Å². The Morgan fingerprint density at radius 2 is 2.11 bits per heavy atom. The topological polar surface area (TPSA) is 46.2 Å². The van der Waals surface area contributed by atoms with E-state index in [1.54, 1.807) is 0 Å². The van der Waals surface area contributed by atoms with Crippen LogP contribution in [-0.4, -0.2) is 27.0 Å². The van der Waals surface area contributed by atoms with Crippen LogP contribution in [0.25, 0.3) is 0 Å². The zero-order valence-corrected chi connectivity index (χ0v) is 13.5. The lowest BCUT2D eigenvalue weighted by Crippen LogP contribution is -2.21. The molecule has 0 aliphatic heterocycles. The average Bonchev–Trinajstić information content (AvgIpc) is 2.55. The lowest BCUT2D eigenvalue weighted by molar-refractivity contribution is 0.508. The highest BCUT2D eigenvalue weighted by molar-refractivity contribution is 7.90. The number of hydrogen-bond acceptors (Lipinski definition) is 4. The predicted molar refractivity (Wildman–Crippen MR) is 79.7 cm³/mol. The summed E-state index contributed by atoms with van der Waals surface area (Å²) in [6.45, 7) is 2.80. The molecule has 18 heavy (non-hydrogen) atoms. The molecular weight excluding hydrogens is 313 g/mol. The molecule has 1 rings (SSSR count). The normalized spacial score (nSPS) is 13.8.